The number of methoxy groups -OCH3 is 2. The van der Waals surface area contributed by atoms with E-state index < -0.39 is 6.10 Å². The number of nitrogen functional groups attached to an aromatic ring is 5. The zero-order chi connectivity index (χ0) is 91.1. The van der Waals surface area contributed by atoms with Crippen molar-refractivity contribution < 1.29 is 46.8 Å². The van der Waals surface area contributed by atoms with Crippen molar-refractivity contribution in [3.05, 3.63) is 177 Å². The lowest BCUT2D eigenvalue weighted by atomic mass is 9.94. The van der Waals surface area contributed by atoms with E-state index in [0.717, 1.165) is 246 Å². The predicted molar refractivity (Wildman–Crippen MR) is 492 cm³/mol. The molecular formula is C96H94N28O10. The molecule has 0 amide bonds. The Hall–Kier alpha value is -15.4. The number of anilines is 5. The van der Waals surface area contributed by atoms with Gasteiger partial charge in [-0.05, 0) is 170 Å². The van der Waals surface area contributed by atoms with Crippen LogP contribution in [-0.4, -0.2) is 145 Å². The van der Waals surface area contributed by atoms with Gasteiger partial charge in [-0.3, -0.25) is 23.2 Å². The van der Waals surface area contributed by atoms with E-state index in [1.54, 1.807) is 30.1 Å². The van der Waals surface area contributed by atoms with Gasteiger partial charge in [-0.25, -0.2) is 59.6 Å². The Morgan fingerprint density at radius 1 is 0.403 bits per heavy atom. The Kier molecular flexibility index (Phi) is 19.4. The minimum absolute atomic E-state index is 0.0892. The standard InChI is InChI=1S/C24H23N5O3.C22H22N6O2.C20H21N7O.C15H15N5O2.C15H13N5O2/c1-12-3-10-16-18(20-17(12)21(32-28-20)13-4-5-13)19-22(25)26-11-27-23(19)29(16)15-8-6-14(7-9-15)24(30)31-2;1-11-3-7-14-17(19-16(11)20(30-27-19)12-4-5-12)18-21(23)25-10-26-22(18)28(14)13-6-8-15(29-2)24-9-13;1-10-3-6-13-15(17-14(10)18(28-25-17)11-4-5-11)16-19(21)22-9-23-20(16)27(13)12-7-24-26(2)8-12;2*16-14-11-9-7(19-15(11)18-5-17-14)3-4-8(21)10-12(9)20-22-13(10)6-1-2-6/h6-9,11-13H,3-5,10H2,1-2H3,(H2,25,26,27);6,8-12H,3-5,7H2,1-2H3,(H2,23,25,26);7-11H,3-6H2,1-2H3,(H2,21,22,23);5-6,8,21H,1-4H2,(H3,16,17,18,19);5-6H,1-4H2,(H3,16,17,18,19). The molecule has 10 aliphatic rings. The molecule has 0 radical (unpaired) electrons. The summed E-state index contributed by atoms with van der Waals surface area (Å²) in [5.74, 6) is 10.4. The van der Waals surface area contributed by atoms with Crippen LogP contribution in [0.5, 0.6) is 5.88 Å². The Morgan fingerprint density at radius 2 is 0.791 bits per heavy atom. The van der Waals surface area contributed by atoms with Gasteiger partial charge in [-0.15, -0.1) is 0 Å². The van der Waals surface area contributed by atoms with E-state index in [1.165, 1.54) is 81.1 Å². The summed E-state index contributed by atoms with van der Waals surface area (Å²) in [6.07, 6.45) is 31.8. The number of nitrogens with two attached hydrogens (primary N) is 5. The maximum Gasteiger partial charge on any atom is 0.337 e. The lowest BCUT2D eigenvalue weighted by molar-refractivity contribution is 0.0600. The van der Waals surface area contributed by atoms with Crippen molar-refractivity contribution in [2.45, 2.75) is 203 Å². The molecule has 0 aliphatic heterocycles. The Bertz CT molecular complexity index is 7780. The number of nitrogens with one attached hydrogen (secondary N) is 2. The van der Waals surface area contributed by atoms with Gasteiger partial charge >= 0.3 is 5.97 Å². The number of hydrogen-bond donors (Lipinski definition) is 8. The molecule has 0 bridgehead atoms. The summed E-state index contributed by atoms with van der Waals surface area (Å²) in [5, 5.41) is 41.0. The number of ketones is 1. The second-order valence-corrected chi connectivity index (χ2v) is 36.9. The van der Waals surface area contributed by atoms with Crippen LogP contribution in [0.2, 0.25) is 0 Å². The summed E-state index contributed by atoms with van der Waals surface area (Å²) >= 11 is 0. The van der Waals surface area contributed by atoms with Crippen molar-refractivity contribution in [1.82, 2.24) is 114 Å². The summed E-state index contributed by atoms with van der Waals surface area (Å²) in [6.45, 7) is 6.77. The molecule has 13 N–H and O–H groups in total. The lowest BCUT2D eigenvalue weighted by Gasteiger charge is -2.12. The number of aliphatic hydroxyl groups excluding tert-OH is 1. The number of rotatable bonds is 10. The normalized spacial score (nSPS) is 18.5. The Labute approximate surface area is 762 Å². The fourth-order valence-electron chi connectivity index (χ4n) is 20.9. The van der Waals surface area contributed by atoms with Gasteiger partial charge < -0.3 is 75.8 Å². The monoisotopic (exact) mass is 1800 g/mol. The molecule has 17 heterocycles. The average molecular weight is 1800 g/mol. The van der Waals surface area contributed by atoms with Gasteiger partial charge in [0.15, 0.2) is 28.5 Å². The second kappa shape index (κ2) is 31.7. The molecule has 5 fully saturated rings. The molecule has 5 saturated carbocycles. The summed E-state index contributed by atoms with van der Waals surface area (Å²) in [5.41, 5.74) is 57.1. The number of fused-ring (bicyclic) bond motifs is 25. The van der Waals surface area contributed by atoms with Crippen molar-refractivity contribution in [3.63, 3.8) is 0 Å². The van der Waals surface area contributed by atoms with Crippen molar-refractivity contribution in [2.24, 2.45) is 7.05 Å². The van der Waals surface area contributed by atoms with Crippen molar-refractivity contribution in [2.75, 3.05) is 42.9 Å². The van der Waals surface area contributed by atoms with E-state index in [2.05, 4.69) is 130 Å². The highest BCUT2D eigenvalue weighted by atomic mass is 16.5. The third-order valence-corrected chi connectivity index (χ3v) is 28.2. The number of aliphatic hydroxyl groups is 1. The van der Waals surface area contributed by atoms with Gasteiger partial charge in [0, 0.05) is 134 Å². The molecule has 10 aliphatic carbocycles. The Morgan fingerprint density at radius 3 is 1.22 bits per heavy atom. The quantitative estimate of drug-likeness (QED) is 0.0589. The molecule has 678 valence electrons. The number of aromatic amines is 2. The van der Waals surface area contributed by atoms with Crippen LogP contribution in [-0.2, 0) is 43.9 Å². The van der Waals surface area contributed by atoms with Crippen LogP contribution in [0.15, 0.2) is 109 Å². The highest BCUT2D eigenvalue weighted by molar-refractivity contribution is 6.11. The highest BCUT2D eigenvalue weighted by Crippen LogP contribution is 2.57. The zero-order valence-electron chi connectivity index (χ0n) is 74.3. The summed E-state index contributed by atoms with van der Waals surface area (Å²) in [4.78, 5) is 78.6. The van der Waals surface area contributed by atoms with Crippen molar-refractivity contribution in [3.8, 4) is 79.2 Å². The van der Waals surface area contributed by atoms with Crippen LogP contribution >= 0.6 is 0 Å². The fourth-order valence-corrected chi connectivity index (χ4v) is 20.9. The van der Waals surface area contributed by atoms with Crippen LogP contribution in [0.3, 0.4) is 0 Å². The maximum atomic E-state index is 12.5. The summed E-state index contributed by atoms with van der Waals surface area (Å²) in [6, 6.07) is 11.2. The topological polar surface area (TPSA) is 539 Å². The zero-order valence-corrected chi connectivity index (χ0v) is 74.3. The number of esters is 1. The fraction of sp³-hybridized carbons (Fsp3) is 0.365. The van der Waals surface area contributed by atoms with Crippen molar-refractivity contribution >= 4 is 96.0 Å². The van der Waals surface area contributed by atoms with E-state index >= 15 is 0 Å². The molecule has 38 nitrogen and oxygen atoms in total. The first kappa shape index (κ1) is 81.8. The molecule has 28 rings (SSSR count). The van der Waals surface area contributed by atoms with Crippen LogP contribution < -0.4 is 33.4 Å². The molecule has 134 heavy (non-hydrogen) atoms. The number of benzene rings is 1. The Balaban J connectivity index is 0.0000000926. The number of H-pyrrole nitrogens is 2. The molecule has 38 heteroatoms. The van der Waals surface area contributed by atoms with Gasteiger partial charge in [0.25, 0.3) is 0 Å². The maximum absolute atomic E-state index is 12.5. The predicted octanol–water partition coefficient (Wildman–Crippen LogP) is 15.9. The molecule has 17 aromatic heterocycles. The highest BCUT2D eigenvalue weighted by Gasteiger charge is 2.45. The van der Waals surface area contributed by atoms with E-state index in [4.69, 9.17) is 60.8 Å². The minimum Gasteiger partial charge on any atom is -0.481 e. The molecular weight excluding hydrogens is 1710 g/mol. The number of carbonyl (C=O) groups excluding carboxylic acids is 2. The van der Waals surface area contributed by atoms with Crippen molar-refractivity contribution in [1.29, 1.82) is 0 Å². The number of carbonyl (C=O) groups is 2. The minimum atomic E-state index is -0.557. The van der Waals surface area contributed by atoms with Crippen LogP contribution in [0, 0.1) is 0 Å². The summed E-state index contributed by atoms with van der Waals surface area (Å²) < 4.78 is 47.0. The lowest BCUT2D eigenvalue weighted by Crippen LogP contribution is -2.05. The number of aryl methyl sites for hydroxylation is 3. The first-order chi connectivity index (χ1) is 65.4. The van der Waals surface area contributed by atoms with E-state index in [9.17, 15) is 14.7 Å². The van der Waals surface area contributed by atoms with Gasteiger partial charge in [0.2, 0.25) is 5.88 Å². The number of pyridine rings is 1. The molecule has 0 saturated heterocycles. The van der Waals surface area contributed by atoms with Crippen LogP contribution in [0.4, 0.5) is 29.1 Å². The first-order valence-electron chi connectivity index (χ1n) is 45.9. The van der Waals surface area contributed by atoms with Gasteiger partial charge in [0.1, 0.15) is 124 Å². The summed E-state index contributed by atoms with van der Waals surface area (Å²) in [7, 11) is 4.90. The van der Waals surface area contributed by atoms with Crippen LogP contribution in [0.25, 0.3) is 129 Å². The number of aromatic nitrogens is 23. The smallest absolute Gasteiger partial charge is 0.337 e. The number of ether oxygens (including phenoxy) is 2. The van der Waals surface area contributed by atoms with Gasteiger partial charge in [0.05, 0.1) is 87.7 Å². The van der Waals surface area contributed by atoms with Crippen LogP contribution in [0.1, 0.15) is 271 Å². The second-order valence-electron chi connectivity index (χ2n) is 36.9. The average Bonchev–Trinajstić information content (AvgIpc) is 1.53. The molecule has 0 spiro atoms. The molecule has 18 aromatic rings. The molecule has 4 atom stereocenters. The number of Topliss-reactive ketones (excluding diaryl/α,β-unsaturated/α-hetero) is 1. The van der Waals surface area contributed by atoms with E-state index in [1.807, 2.05) is 43.7 Å². The molecule has 1 aromatic carbocycles. The first-order valence-corrected chi connectivity index (χ1v) is 45.9. The number of hydrogen-bond acceptors (Lipinski definition) is 32. The third kappa shape index (κ3) is 13.4. The van der Waals surface area contributed by atoms with E-state index in [-0.39, 0.29) is 11.8 Å². The SMILES string of the molecule is CC1CCc2c(c3c(N)ncnc3n2-c2cnn(C)c2)-c2noc(C3CC3)c21.COC(=O)c1ccc(-n2c3c(c4c(N)ncnc42)-c2noc(C4CC4)c2C(C)CC3)cc1.COc1ccc(-n2c3c(c4c(N)ncnc42)-c2noc(C4CC4)c2C(C)CC3)cn1.Nc1ncnc2[nH]c3c(c12)-c1noc(C2CC2)c1C(=O)CC3.Nc1ncnc2[nH]c3c(c12)-c1noc(C2CC2)c1C(O)CC3. The largest absolute Gasteiger partial charge is 0.481 e. The van der Waals surface area contributed by atoms with E-state index in [0.29, 0.717) is 142 Å². The third-order valence-electron chi connectivity index (χ3n) is 28.2. The number of nitrogens with zero attached hydrogens (tertiary/aromatic N) is 21. The molecule has 4 unspecified atom stereocenters. The van der Waals surface area contributed by atoms with Gasteiger partial charge in [-0.2, -0.15) is 5.10 Å². The van der Waals surface area contributed by atoms with Gasteiger partial charge in [-0.1, -0.05) is 46.6 Å².